The maximum absolute atomic E-state index is 12.3. The van der Waals surface area contributed by atoms with Gasteiger partial charge in [0.15, 0.2) is 0 Å². The highest BCUT2D eigenvalue weighted by Crippen LogP contribution is 2.29. The first kappa shape index (κ1) is 13.6. The Morgan fingerprint density at radius 2 is 2.24 bits per heavy atom. The minimum Gasteiger partial charge on any atom is -0.381 e. The van der Waals surface area contributed by atoms with Crippen LogP contribution >= 0.6 is 0 Å². The van der Waals surface area contributed by atoms with Crippen LogP contribution in [0.1, 0.15) is 29.8 Å². The Kier molecular flexibility index (Phi) is 3.60. The number of carbonyl (C=O) groups excluding carboxylic acids is 1. The topological polar surface area (TPSA) is 54.0 Å². The molecule has 0 aliphatic carbocycles. The van der Waals surface area contributed by atoms with Crippen molar-refractivity contribution in [3.05, 3.63) is 53.9 Å². The maximum atomic E-state index is 12.3. The highest BCUT2D eigenvalue weighted by Gasteiger charge is 2.23. The summed E-state index contributed by atoms with van der Waals surface area (Å²) in [5.41, 5.74) is 3.75. The third-order valence-corrected chi connectivity index (χ3v) is 3.87. The molecule has 0 spiro atoms. The number of benzene rings is 1. The first-order chi connectivity index (χ1) is 10.1. The smallest absolute Gasteiger partial charge is 0.255 e. The van der Waals surface area contributed by atoms with Crippen LogP contribution in [0.15, 0.2) is 42.7 Å². The molecule has 21 heavy (non-hydrogen) atoms. The summed E-state index contributed by atoms with van der Waals surface area (Å²) in [6, 6.07) is 9.92. The van der Waals surface area contributed by atoms with E-state index in [0.717, 1.165) is 12.1 Å². The second-order valence-corrected chi connectivity index (χ2v) is 5.77. The summed E-state index contributed by atoms with van der Waals surface area (Å²) in [7, 11) is 0. The lowest BCUT2D eigenvalue weighted by Crippen LogP contribution is -2.21. The Balaban J connectivity index is 1.76. The molecule has 0 saturated carbocycles. The fourth-order valence-corrected chi connectivity index (χ4v) is 2.57. The molecule has 4 heteroatoms. The van der Waals surface area contributed by atoms with Crippen molar-refractivity contribution >= 4 is 17.3 Å². The van der Waals surface area contributed by atoms with Gasteiger partial charge in [0, 0.05) is 23.5 Å². The molecule has 1 aliphatic heterocycles. The standard InChI is InChI=1S/C17H19N3O/c1-11(2)16-9-13-8-12(5-6-15(13)20-16)17(21)19-14-4-3-7-18-10-14/h3-8,10-11,16,20H,9H2,1-2H3,(H,19,21). The SMILES string of the molecule is CC(C)C1Cc2cc(C(=O)Nc3cccnc3)ccc2N1. The van der Waals surface area contributed by atoms with Gasteiger partial charge in [-0.05, 0) is 48.2 Å². The summed E-state index contributed by atoms with van der Waals surface area (Å²) in [5.74, 6) is 0.476. The normalized spacial score (nSPS) is 16.4. The Hall–Kier alpha value is -2.36. The maximum Gasteiger partial charge on any atom is 0.255 e. The van der Waals surface area contributed by atoms with E-state index in [1.54, 1.807) is 18.5 Å². The molecule has 108 valence electrons. The van der Waals surface area contributed by atoms with Gasteiger partial charge >= 0.3 is 0 Å². The van der Waals surface area contributed by atoms with Crippen molar-refractivity contribution < 1.29 is 4.79 Å². The van der Waals surface area contributed by atoms with Crippen LogP contribution in [0.25, 0.3) is 0 Å². The number of hydrogen-bond acceptors (Lipinski definition) is 3. The van der Waals surface area contributed by atoms with E-state index in [1.165, 1.54) is 5.56 Å². The lowest BCUT2D eigenvalue weighted by atomic mass is 9.99. The molecular weight excluding hydrogens is 262 g/mol. The zero-order chi connectivity index (χ0) is 14.8. The number of nitrogens with one attached hydrogen (secondary N) is 2. The number of carbonyl (C=O) groups is 1. The average molecular weight is 281 g/mol. The van der Waals surface area contributed by atoms with E-state index in [0.29, 0.717) is 23.2 Å². The molecule has 1 atom stereocenters. The molecule has 4 nitrogen and oxygen atoms in total. The van der Waals surface area contributed by atoms with Crippen molar-refractivity contribution in [1.29, 1.82) is 0 Å². The van der Waals surface area contributed by atoms with Crippen LogP contribution in [-0.2, 0) is 6.42 Å². The summed E-state index contributed by atoms with van der Waals surface area (Å²) in [5, 5.41) is 6.37. The lowest BCUT2D eigenvalue weighted by Gasteiger charge is -2.14. The molecule has 3 rings (SSSR count). The first-order valence-corrected chi connectivity index (χ1v) is 7.24. The number of amides is 1. The third kappa shape index (κ3) is 2.89. The fraction of sp³-hybridized carbons (Fsp3) is 0.294. The molecule has 2 N–H and O–H groups in total. The summed E-state index contributed by atoms with van der Waals surface area (Å²) >= 11 is 0. The van der Waals surface area contributed by atoms with Crippen LogP contribution in [0.2, 0.25) is 0 Å². The third-order valence-electron chi connectivity index (χ3n) is 3.87. The second-order valence-electron chi connectivity index (χ2n) is 5.77. The Bertz CT molecular complexity index is 652. The molecule has 0 fully saturated rings. The van der Waals surface area contributed by atoms with Crippen molar-refractivity contribution in [2.75, 3.05) is 10.6 Å². The van der Waals surface area contributed by atoms with E-state index in [9.17, 15) is 4.79 Å². The van der Waals surface area contributed by atoms with Crippen LogP contribution in [0.5, 0.6) is 0 Å². The molecule has 0 bridgehead atoms. The fourth-order valence-electron chi connectivity index (χ4n) is 2.57. The number of pyridine rings is 1. The van der Waals surface area contributed by atoms with Crippen LogP contribution < -0.4 is 10.6 Å². The van der Waals surface area contributed by atoms with Gasteiger partial charge < -0.3 is 10.6 Å². The molecule has 1 aliphatic rings. The van der Waals surface area contributed by atoms with Crippen molar-refractivity contribution in [3.8, 4) is 0 Å². The van der Waals surface area contributed by atoms with E-state index in [-0.39, 0.29) is 5.91 Å². The van der Waals surface area contributed by atoms with Gasteiger partial charge in [0.1, 0.15) is 0 Å². The number of fused-ring (bicyclic) bond motifs is 1. The highest BCUT2D eigenvalue weighted by molar-refractivity contribution is 6.04. The number of aromatic nitrogens is 1. The van der Waals surface area contributed by atoms with E-state index in [2.05, 4.69) is 29.5 Å². The highest BCUT2D eigenvalue weighted by atomic mass is 16.1. The minimum atomic E-state index is -0.0983. The number of anilines is 2. The number of nitrogens with zero attached hydrogens (tertiary/aromatic N) is 1. The summed E-state index contributed by atoms with van der Waals surface area (Å²) in [6.45, 7) is 4.42. The van der Waals surface area contributed by atoms with E-state index in [1.807, 2.05) is 24.3 Å². The predicted molar refractivity (Wildman–Crippen MR) is 84.6 cm³/mol. The molecule has 1 aromatic heterocycles. The van der Waals surface area contributed by atoms with Gasteiger partial charge in [0.2, 0.25) is 0 Å². The number of hydrogen-bond donors (Lipinski definition) is 2. The molecule has 1 aromatic carbocycles. The average Bonchev–Trinajstić information content (AvgIpc) is 2.91. The van der Waals surface area contributed by atoms with Crippen molar-refractivity contribution in [1.82, 2.24) is 4.98 Å². The van der Waals surface area contributed by atoms with Crippen LogP contribution in [0, 0.1) is 5.92 Å². The number of rotatable bonds is 3. The van der Waals surface area contributed by atoms with Crippen LogP contribution in [0.3, 0.4) is 0 Å². The first-order valence-electron chi connectivity index (χ1n) is 7.24. The molecule has 2 heterocycles. The van der Waals surface area contributed by atoms with Gasteiger partial charge in [-0.1, -0.05) is 13.8 Å². The molecular formula is C17H19N3O. The minimum absolute atomic E-state index is 0.0983. The van der Waals surface area contributed by atoms with Crippen molar-refractivity contribution in [2.45, 2.75) is 26.3 Å². The van der Waals surface area contributed by atoms with Gasteiger partial charge in [-0.15, -0.1) is 0 Å². The van der Waals surface area contributed by atoms with Crippen LogP contribution in [-0.4, -0.2) is 16.9 Å². The predicted octanol–water partition coefficient (Wildman–Crippen LogP) is 3.33. The quantitative estimate of drug-likeness (QED) is 0.907. The zero-order valence-electron chi connectivity index (χ0n) is 12.3. The molecule has 1 amide bonds. The Morgan fingerprint density at radius 3 is 2.95 bits per heavy atom. The van der Waals surface area contributed by atoms with Gasteiger partial charge in [0.25, 0.3) is 5.91 Å². The second kappa shape index (κ2) is 5.56. The summed E-state index contributed by atoms with van der Waals surface area (Å²) in [6.07, 6.45) is 4.30. The van der Waals surface area contributed by atoms with Gasteiger partial charge in [-0.2, -0.15) is 0 Å². The van der Waals surface area contributed by atoms with Crippen molar-refractivity contribution in [3.63, 3.8) is 0 Å². The Labute approximate surface area is 124 Å². The Morgan fingerprint density at radius 1 is 1.38 bits per heavy atom. The summed E-state index contributed by atoms with van der Waals surface area (Å²) in [4.78, 5) is 16.3. The molecule has 1 unspecified atom stereocenters. The van der Waals surface area contributed by atoms with Crippen molar-refractivity contribution in [2.24, 2.45) is 5.92 Å². The van der Waals surface area contributed by atoms with E-state index < -0.39 is 0 Å². The molecule has 0 saturated heterocycles. The van der Waals surface area contributed by atoms with E-state index >= 15 is 0 Å². The molecule has 2 aromatic rings. The van der Waals surface area contributed by atoms with Gasteiger partial charge in [-0.25, -0.2) is 0 Å². The van der Waals surface area contributed by atoms with Gasteiger partial charge in [0.05, 0.1) is 11.9 Å². The lowest BCUT2D eigenvalue weighted by molar-refractivity contribution is 0.102. The van der Waals surface area contributed by atoms with Gasteiger partial charge in [-0.3, -0.25) is 9.78 Å². The van der Waals surface area contributed by atoms with Crippen LogP contribution in [0.4, 0.5) is 11.4 Å². The summed E-state index contributed by atoms with van der Waals surface area (Å²) < 4.78 is 0. The zero-order valence-corrected chi connectivity index (χ0v) is 12.3. The monoisotopic (exact) mass is 281 g/mol. The molecule has 0 radical (unpaired) electrons. The largest absolute Gasteiger partial charge is 0.381 e. The van der Waals surface area contributed by atoms with E-state index in [4.69, 9.17) is 0 Å².